The first-order chi connectivity index (χ1) is 7.31. The van der Waals surface area contributed by atoms with Crippen LogP contribution in [0.4, 0.5) is 0 Å². The minimum Gasteiger partial charge on any atom is -0.394 e. The Morgan fingerprint density at radius 2 is 1.69 bits per heavy atom. The van der Waals surface area contributed by atoms with Crippen molar-refractivity contribution in [2.45, 2.75) is 25.2 Å². The monoisotopic (exact) mass is 236 g/mol. The molecule has 92 valence electrons. The van der Waals surface area contributed by atoms with Gasteiger partial charge >= 0.3 is 11.9 Å². The molecule has 0 rings (SSSR count). The summed E-state index contributed by atoms with van der Waals surface area (Å²) >= 11 is 0. The lowest BCUT2D eigenvalue weighted by Crippen LogP contribution is -2.46. The van der Waals surface area contributed by atoms with Crippen molar-refractivity contribution >= 4 is 17.7 Å². The van der Waals surface area contributed by atoms with E-state index in [2.05, 4.69) is 4.74 Å². The third-order valence-corrected chi connectivity index (χ3v) is 1.61. The number of aliphatic hydroxyl groups is 4. The first kappa shape index (κ1) is 14.6. The molecule has 0 spiro atoms. The molecule has 0 amide bonds. The summed E-state index contributed by atoms with van der Waals surface area (Å²) in [5.74, 6) is -4.29. The third kappa shape index (κ3) is 4.03. The molecule has 8 heteroatoms. The molecule has 0 aromatic carbocycles. The Balaban J connectivity index is 4.49. The maximum absolute atomic E-state index is 11.0. The molecular weight excluding hydrogens is 224 g/mol. The highest BCUT2D eigenvalue weighted by molar-refractivity contribution is 6.36. The van der Waals surface area contributed by atoms with E-state index < -0.39 is 42.6 Å². The van der Waals surface area contributed by atoms with Crippen LogP contribution in [0.15, 0.2) is 0 Å². The normalized spacial score (nSPS) is 16.1. The van der Waals surface area contributed by atoms with Crippen LogP contribution in [-0.4, -0.2) is 63.1 Å². The Labute approximate surface area is 90.1 Å². The number of hydrogen-bond acceptors (Lipinski definition) is 8. The highest BCUT2D eigenvalue weighted by Gasteiger charge is 2.35. The van der Waals surface area contributed by atoms with Gasteiger partial charge in [0.25, 0.3) is 5.78 Å². The molecule has 0 unspecified atom stereocenters. The van der Waals surface area contributed by atoms with Crippen LogP contribution in [0.1, 0.15) is 6.92 Å². The van der Waals surface area contributed by atoms with Crippen LogP contribution in [-0.2, 0) is 19.1 Å². The smallest absolute Gasteiger partial charge is 0.385 e. The van der Waals surface area contributed by atoms with Crippen molar-refractivity contribution < 1.29 is 39.5 Å². The fourth-order valence-corrected chi connectivity index (χ4v) is 0.775. The summed E-state index contributed by atoms with van der Waals surface area (Å²) in [4.78, 5) is 32.1. The summed E-state index contributed by atoms with van der Waals surface area (Å²) in [5, 5.41) is 35.4. The van der Waals surface area contributed by atoms with Gasteiger partial charge in [0.1, 0.15) is 12.2 Å². The van der Waals surface area contributed by atoms with Crippen LogP contribution >= 0.6 is 0 Å². The highest BCUT2D eigenvalue weighted by Crippen LogP contribution is 2.02. The maximum Gasteiger partial charge on any atom is 0.385 e. The van der Waals surface area contributed by atoms with Gasteiger partial charge in [0.15, 0.2) is 6.10 Å². The zero-order valence-electron chi connectivity index (χ0n) is 8.36. The lowest BCUT2D eigenvalue weighted by Gasteiger charge is -2.19. The van der Waals surface area contributed by atoms with Crippen molar-refractivity contribution in [3.63, 3.8) is 0 Å². The molecule has 0 aliphatic heterocycles. The number of ether oxygens (including phenoxy) is 1. The molecular formula is C8H12O8. The summed E-state index contributed by atoms with van der Waals surface area (Å²) in [7, 11) is 0. The van der Waals surface area contributed by atoms with Gasteiger partial charge in [0.05, 0.1) is 6.61 Å². The standard InChI is InChI=1S/C8H12O8/c1-3(10)16-8(15)7(14)6(13)5(12)4(11)2-9/h4-6,9,11-13H,2H2,1H3/t4-,5+,6-/m0/s1. The maximum atomic E-state index is 11.0. The zero-order valence-corrected chi connectivity index (χ0v) is 8.36. The molecule has 4 N–H and O–H groups in total. The van der Waals surface area contributed by atoms with E-state index >= 15 is 0 Å². The van der Waals surface area contributed by atoms with Crippen LogP contribution in [0.25, 0.3) is 0 Å². The van der Waals surface area contributed by atoms with Crippen LogP contribution in [0.3, 0.4) is 0 Å². The van der Waals surface area contributed by atoms with Crippen molar-refractivity contribution in [2.75, 3.05) is 6.61 Å². The van der Waals surface area contributed by atoms with Gasteiger partial charge in [-0.05, 0) is 0 Å². The molecule has 0 heterocycles. The molecule has 16 heavy (non-hydrogen) atoms. The van der Waals surface area contributed by atoms with Crippen LogP contribution in [0.5, 0.6) is 0 Å². The summed E-state index contributed by atoms with van der Waals surface area (Å²) in [6.07, 6.45) is -6.10. The average molecular weight is 236 g/mol. The third-order valence-electron chi connectivity index (χ3n) is 1.61. The van der Waals surface area contributed by atoms with Crippen LogP contribution in [0.2, 0.25) is 0 Å². The van der Waals surface area contributed by atoms with Gasteiger partial charge in [-0.1, -0.05) is 0 Å². The Hall–Kier alpha value is -1.35. The molecule has 0 aromatic rings. The summed E-state index contributed by atoms with van der Waals surface area (Å²) in [6.45, 7) is -0.0379. The highest BCUT2D eigenvalue weighted by atomic mass is 16.6. The molecule has 0 saturated heterocycles. The quantitative estimate of drug-likeness (QED) is 0.221. The largest absolute Gasteiger partial charge is 0.394 e. The van der Waals surface area contributed by atoms with Crippen molar-refractivity contribution in [3.05, 3.63) is 0 Å². The first-order valence-corrected chi connectivity index (χ1v) is 4.23. The van der Waals surface area contributed by atoms with Crippen molar-refractivity contribution in [2.24, 2.45) is 0 Å². The van der Waals surface area contributed by atoms with E-state index in [0.717, 1.165) is 6.92 Å². The van der Waals surface area contributed by atoms with Gasteiger partial charge in [0.2, 0.25) is 0 Å². The summed E-state index contributed by atoms with van der Waals surface area (Å²) in [6, 6.07) is 0. The average Bonchev–Trinajstić information content (AvgIpc) is 2.23. The SMILES string of the molecule is CC(=O)OC(=O)C(=O)[C@@H](O)[C@H](O)[C@@H](O)CO. The molecule has 0 aromatic heterocycles. The lowest BCUT2D eigenvalue weighted by molar-refractivity contribution is -0.169. The first-order valence-electron chi connectivity index (χ1n) is 4.23. The van der Waals surface area contributed by atoms with E-state index in [-0.39, 0.29) is 0 Å². The van der Waals surface area contributed by atoms with Crippen LogP contribution in [0, 0.1) is 0 Å². The Kier molecular flexibility index (Phi) is 5.75. The molecule has 3 atom stereocenters. The second-order valence-corrected chi connectivity index (χ2v) is 2.93. The zero-order chi connectivity index (χ0) is 12.9. The van der Waals surface area contributed by atoms with E-state index in [1.165, 1.54) is 0 Å². The Morgan fingerprint density at radius 1 is 1.19 bits per heavy atom. The number of ketones is 1. The second kappa shape index (κ2) is 6.28. The van der Waals surface area contributed by atoms with Gasteiger partial charge in [-0.15, -0.1) is 0 Å². The molecule has 0 bridgehead atoms. The van der Waals surface area contributed by atoms with E-state index in [9.17, 15) is 14.4 Å². The van der Waals surface area contributed by atoms with Gasteiger partial charge in [-0.25, -0.2) is 4.79 Å². The molecule has 0 fully saturated rings. The van der Waals surface area contributed by atoms with Gasteiger partial charge in [-0.3, -0.25) is 9.59 Å². The number of esters is 2. The van der Waals surface area contributed by atoms with Crippen molar-refractivity contribution in [1.82, 2.24) is 0 Å². The predicted octanol–water partition coefficient (Wildman–Crippen LogP) is -3.28. The number of carbonyl (C=O) groups is 3. The van der Waals surface area contributed by atoms with E-state index in [1.807, 2.05) is 0 Å². The molecule has 0 aliphatic rings. The topological polar surface area (TPSA) is 141 Å². The fraction of sp³-hybridized carbons (Fsp3) is 0.625. The number of aliphatic hydroxyl groups excluding tert-OH is 4. The summed E-state index contributed by atoms with van der Waals surface area (Å²) in [5.41, 5.74) is 0. The predicted molar refractivity (Wildman–Crippen MR) is 46.9 cm³/mol. The minimum absolute atomic E-state index is 0.872. The number of Topliss-reactive ketones (excluding diaryl/α,β-unsaturated/α-hetero) is 1. The van der Waals surface area contributed by atoms with Gasteiger partial charge in [0, 0.05) is 6.92 Å². The van der Waals surface area contributed by atoms with E-state index in [0.29, 0.717) is 0 Å². The van der Waals surface area contributed by atoms with Gasteiger partial charge < -0.3 is 25.2 Å². The number of rotatable bonds is 5. The second-order valence-electron chi connectivity index (χ2n) is 2.93. The van der Waals surface area contributed by atoms with E-state index in [4.69, 9.17) is 20.4 Å². The van der Waals surface area contributed by atoms with Crippen LogP contribution < -0.4 is 0 Å². The molecule has 0 radical (unpaired) electrons. The Morgan fingerprint density at radius 3 is 2.06 bits per heavy atom. The molecule has 8 nitrogen and oxygen atoms in total. The Bertz CT molecular complexity index is 286. The van der Waals surface area contributed by atoms with Crippen molar-refractivity contribution in [1.29, 1.82) is 0 Å². The fourth-order valence-electron chi connectivity index (χ4n) is 0.775. The van der Waals surface area contributed by atoms with Gasteiger partial charge in [-0.2, -0.15) is 0 Å². The molecule has 0 aliphatic carbocycles. The number of hydrogen-bond donors (Lipinski definition) is 4. The van der Waals surface area contributed by atoms with Crippen molar-refractivity contribution in [3.8, 4) is 0 Å². The number of carbonyl (C=O) groups excluding carboxylic acids is 3. The molecule has 0 saturated carbocycles. The summed E-state index contributed by atoms with van der Waals surface area (Å²) < 4.78 is 3.85. The lowest BCUT2D eigenvalue weighted by atomic mass is 10.1. The minimum atomic E-state index is -2.27. The van der Waals surface area contributed by atoms with E-state index in [1.54, 1.807) is 0 Å².